The summed E-state index contributed by atoms with van der Waals surface area (Å²) in [5.74, 6) is 0. The van der Waals surface area contributed by atoms with Crippen LogP contribution >= 0.6 is 0 Å². The second kappa shape index (κ2) is 6.45. The number of rotatable bonds is 5. The van der Waals surface area contributed by atoms with Crippen molar-refractivity contribution in [1.29, 1.82) is 5.26 Å². The van der Waals surface area contributed by atoms with Gasteiger partial charge >= 0.3 is 0 Å². The number of nitrogens with one attached hydrogen (secondary N) is 1. The molecule has 1 heterocycles. The fourth-order valence-electron chi connectivity index (χ4n) is 1.71. The Morgan fingerprint density at radius 2 is 1.86 bits per heavy atom. The smallest absolute Gasteiger partial charge is 0.243 e. The Morgan fingerprint density at radius 3 is 2.48 bits per heavy atom. The van der Waals surface area contributed by atoms with Crippen LogP contribution < -0.4 is 4.72 Å². The van der Waals surface area contributed by atoms with E-state index in [0.717, 1.165) is 11.1 Å². The van der Waals surface area contributed by atoms with Crippen molar-refractivity contribution in [1.82, 2.24) is 9.71 Å². The van der Waals surface area contributed by atoms with Gasteiger partial charge in [0.1, 0.15) is 11.0 Å². The first-order chi connectivity index (χ1) is 10.1. The second-order valence-electron chi connectivity index (χ2n) is 4.26. The third-order valence-electron chi connectivity index (χ3n) is 2.84. The highest BCUT2D eigenvalue weighted by Gasteiger charge is 2.18. The van der Waals surface area contributed by atoms with E-state index in [9.17, 15) is 8.42 Å². The maximum Gasteiger partial charge on any atom is 0.243 e. The Bertz CT molecular complexity index is 765. The lowest BCUT2D eigenvalue weighted by atomic mass is 10.1. The van der Waals surface area contributed by atoms with Crippen molar-refractivity contribution in [3.63, 3.8) is 0 Å². The molecule has 6 nitrogen and oxygen atoms in total. The fraction of sp³-hybridized carbons (Fsp3) is 0.143. The van der Waals surface area contributed by atoms with Crippen LogP contribution in [0.3, 0.4) is 0 Å². The predicted molar refractivity (Wildman–Crippen MR) is 75.3 cm³/mol. The Morgan fingerprint density at radius 1 is 1.19 bits per heavy atom. The lowest BCUT2D eigenvalue weighted by Gasteiger charge is -2.08. The minimum Gasteiger partial charge on any atom is -0.392 e. The van der Waals surface area contributed by atoms with Gasteiger partial charge in [-0.3, -0.25) is 0 Å². The molecule has 2 aromatic rings. The normalized spacial score (nSPS) is 11.0. The summed E-state index contributed by atoms with van der Waals surface area (Å²) in [7, 11) is -3.80. The minimum absolute atomic E-state index is 0.0623. The lowest BCUT2D eigenvalue weighted by molar-refractivity contribution is 0.282. The molecule has 2 N–H and O–H groups in total. The maximum atomic E-state index is 12.2. The van der Waals surface area contributed by atoms with Gasteiger partial charge < -0.3 is 5.11 Å². The average Bonchev–Trinajstić information content (AvgIpc) is 2.53. The van der Waals surface area contributed by atoms with Crippen LogP contribution in [0.25, 0.3) is 0 Å². The lowest BCUT2D eigenvalue weighted by Crippen LogP contribution is -2.24. The first kappa shape index (κ1) is 15.1. The number of hydrogen-bond acceptors (Lipinski definition) is 5. The van der Waals surface area contributed by atoms with Gasteiger partial charge in [-0.2, -0.15) is 5.26 Å². The summed E-state index contributed by atoms with van der Waals surface area (Å²) in [6, 6.07) is 11.4. The molecule has 0 fully saturated rings. The first-order valence-electron chi connectivity index (χ1n) is 6.10. The van der Waals surface area contributed by atoms with Crippen LogP contribution in [0, 0.1) is 11.3 Å². The molecule has 0 bridgehead atoms. The highest BCUT2D eigenvalue weighted by Crippen LogP contribution is 2.13. The molecule has 0 aliphatic carbocycles. The van der Waals surface area contributed by atoms with Crippen molar-refractivity contribution in [2.75, 3.05) is 0 Å². The Hall–Kier alpha value is -2.27. The zero-order valence-corrected chi connectivity index (χ0v) is 11.8. The summed E-state index contributed by atoms with van der Waals surface area (Å²) in [5.41, 5.74) is 1.36. The summed E-state index contributed by atoms with van der Waals surface area (Å²) < 4.78 is 26.8. The van der Waals surface area contributed by atoms with Crippen molar-refractivity contribution >= 4 is 10.0 Å². The molecule has 1 aromatic carbocycles. The monoisotopic (exact) mass is 303 g/mol. The van der Waals surface area contributed by atoms with Crippen molar-refractivity contribution in [3.05, 3.63) is 59.4 Å². The third-order valence-corrected chi connectivity index (χ3v) is 4.27. The molecule has 7 heteroatoms. The van der Waals surface area contributed by atoms with E-state index in [1.807, 2.05) is 0 Å². The van der Waals surface area contributed by atoms with Gasteiger partial charge in [-0.1, -0.05) is 24.3 Å². The SMILES string of the molecule is N#Cc1ncccc1S(=O)(=O)NCc1ccc(CO)cc1. The molecule has 0 amide bonds. The van der Waals surface area contributed by atoms with E-state index in [1.165, 1.54) is 18.3 Å². The minimum atomic E-state index is -3.80. The molecular formula is C14H13N3O3S. The number of hydrogen-bond donors (Lipinski definition) is 2. The van der Waals surface area contributed by atoms with Crippen LogP contribution in [-0.4, -0.2) is 18.5 Å². The van der Waals surface area contributed by atoms with E-state index in [2.05, 4.69) is 9.71 Å². The zero-order valence-electron chi connectivity index (χ0n) is 11.0. The number of benzene rings is 1. The molecule has 2 rings (SSSR count). The number of aliphatic hydroxyl groups excluding tert-OH is 1. The van der Waals surface area contributed by atoms with E-state index in [4.69, 9.17) is 10.4 Å². The molecule has 0 radical (unpaired) electrons. The van der Waals surface area contributed by atoms with Crippen LogP contribution in [0.15, 0.2) is 47.5 Å². The summed E-state index contributed by atoms with van der Waals surface area (Å²) in [4.78, 5) is 3.59. The number of pyridine rings is 1. The molecule has 0 saturated carbocycles. The van der Waals surface area contributed by atoms with Crippen molar-refractivity contribution < 1.29 is 13.5 Å². The summed E-state index contributed by atoms with van der Waals surface area (Å²) in [6.45, 7) is 0.0288. The average molecular weight is 303 g/mol. The van der Waals surface area contributed by atoms with Gasteiger partial charge in [0.15, 0.2) is 5.69 Å². The molecule has 0 aliphatic rings. The fourth-order valence-corrected chi connectivity index (χ4v) is 2.83. The predicted octanol–water partition coefficient (Wildman–Crippen LogP) is 0.924. The summed E-state index contributed by atoms with van der Waals surface area (Å²) >= 11 is 0. The van der Waals surface area contributed by atoms with Crippen LogP contribution in [0.1, 0.15) is 16.8 Å². The molecule has 108 valence electrons. The molecule has 21 heavy (non-hydrogen) atoms. The van der Waals surface area contributed by atoms with Gasteiger partial charge in [-0.25, -0.2) is 18.1 Å². The third kappa shape index (κ3) is 3.64. The van der Waals surface area contributed by atoms with Gasteiger partial charge in [-0.05, 0) is 23.3 Å². The molecule has 0 atom stereocenters. The van der Waals surface area contributed by atoms with Crippen molar-refractivity contribution in [3.8, 4) is 6.07 Å². The van der Waals surface area contributed by atoms with E-state index < -0.39 is 10.0 Å². The van der Waals surface area contributed by atoms with Crippen LogP contribution in [0.4, 0.5) is 0 Å². The topological polar surface area (TPSA) is 103 Å². The Labute approximate surface area is 122 Å². The summed E-state index contributed by atoms with van der Waals surface area (Å²) in [6.07, 6.45) is 1.37. The Balaban J connectivity index is 2.16. The molecule has 0 unspecified atom stereocenters. The Kier molecular flexibility index (Phi) is 4.65. The largest absolute Gasteiger partial charge is 0.392 e. The van der Waals surface area contributed by atoms with E-state index >= 15 is 0 Å². The van der Waals surface area contributed by atoms with Crippen molar-refractivity contribution in [2.24, 2.45) is 0 Å². The van der Waals surface area contributed by atoms with Crippen LogP contribution in [0.2, 0.25) is 0 Å². The van der Waals surface area contributed by atoms with Gasteiger partial charge in [0.25, 0.3) is 0 Å². The van der Waals surface area contributed by atoms with E-state index in [0.29, 0.717) is 0 Å². The molecule has 0 saturated heterocycles. The molecule has 0 spiro atoms. The van der Waals surface area contributed by atoms with Gasteiger partial charge in [0.2, 0.25) is 10.0 Å². The number of aromatic nitrogens is 1. The standard InChI is InChI=1S/C14H13N3O3S/c15-8-13-14(2-1-7-16-13)21(19,20)17-9-11-3-5-12(10-18)6-4-11/h1-7,17-18H,9-10H2. The van der Waals surface area contributed by atoms with Crippen LogP contribution in [-0.2, 0) is 23.2 Å². The maximum absolute atomic E-state index is 12.2. The second-order valence-corrected chi connectivity index (χ2v) is 6.00. The molecule has 1 aromatic heterocycles. The number of aliphatic hydroxyl groups is 1. The quantitative estimate of drug-likeness (QED) is 0.855. The summed E-state index contributed by atoms with van der Waals surface area (Å²) in [5, 5.41) is 17.8. The highest BCUT2D eigenvalue weighted by molar-refractivity contribution is 7.89. The van der Waals surface area contributed by atoms with Gasteiger partial charge in [0, 0.05) is 12.7 Å². The number of nitriles is 1. The van der Waals surface area contributed by atoms with E-state index in [1.54, 1.807) is 30.3 Å². The molecule has 0 aliphatic heterocycles. The molecular weight excluding hydrogens is 290 g/mol. The van der Waals surface area contributed by atoms with Crippen molar-refractivity contribution in [2.45, 2.75) is 18.0 Å². The van der Waals surface area contributed by atoms with E-state index in [-0.39, 0.29) is 23.7 Å². The first-order valence-corrected chi connectivity index (χ1v) is 7.58. The highest BCUT2D eigenvalue weighted by atomic mass is 32.2. The van der Waals surface area contributed by atoms with Gasteiger partial charge in [0.05, 0.1) is 6.61 Å². The number of sulfonamides is 1. The van der Waals surface area contributed by atoms with Gasteiger partial charge in [-0.15, -0.1) is 0 Å². The zero-order chi connectivity index (χ0) is 15.3. The van der Waals surface area contributed by atoms with Crippen LogP contribution in [0.5, 0.6) is 0 Å². The number of nitrogens with zero attached hydrogens (tertiary/aromatic N) is 2.